The van der Waals surface area contributed by atoms with Crippen molar-refractivity contribution in [3.8, 4) is 5.75 Å². The average molecular weight is 290 g/mol. The van der Waals surface area contributed by atoms with Gasteiger partial charge in [-0.2, -0.15) is 0 Å². The van der Waals surface area contributed by atoms with E-state index in [0.29, 0.717) is 16.9 Å². The minimum Gasteiger partial charge on any atom is -0.497 e. The van der Waals surface area contributed by atoms with Crippen molar-refractivity contribution in [3.05, 3.63) is 29.3 Å². The number of hydrogen-bond acceptors (Lipinski definition) is 5. The fourth-order valence-corrected chi connectivity index (χ4v) is 2.73. The van der Waals surface area contributed by atoms with Crippen LogP contribution in [-0.4, -0.2) is 40.9 Å². The van der Waals surface area contributed by atoms with Gasteiger partial charge in [0, 0.05) is 12.0 Å². The summed E-state index contributed by atoms with van der Waals surface area (Å²) in [6.45, 7) is 0. The highest BCUT2D eigenvalue weighted by molar-refractivity contribution is 6.05. The fraction of sp³-hybridized carbons (Fsp3) is 0.357. The van der Waals surface area contributed by atoms with Gasteiger partial charge in [-0.25, -0.2) is 0 Å². The van der Waals surface area contributed by atoms with Gasteiger partial charge < -0.3 is 9.84 Å². The van der Waals surface area contributed by atoms with Crippen LogP contribution in [0.25, 0.3) is 0 Å². The normalized spacial score (nSPS) is 24.9. The van der Waals surface area contributed by atoms with Crippen LogP contribution in [0.3, 0.4) is 0 Å². The molecule has 2 unspecified atom stereocenters. The maximum atomic E-state index is 12.4. The molecule has 110 valence electrons. The Labute approximate surface area is 120 Å². The molecule has 1 saturated heterocycles. The van der Waals surface area contributed by atoms with Crippen molar-refractivity contribution in [1.82, 2.24) is 10.2 Å². The molecule has 1 fully saturated rings. The molecule has 0 bridgehead atoms. The van der Waals surface area contributed by atoms with Crippen molar-refractivity contribution < 1.29 is 24.2 Å². The first-order chi connectivity index (χ1) is 10.0. The van der Waals surface area contributed by atoms with Crippen LogP contribution < -0.4 is 10.1 Å². The Bertz CT molecular complexity index is 642. The van der Waals surface area contributed by atoms with Crippen molar-refractivity contribution in [1.29, 1.82) is 0 Å². The SMILES string of the molecule is COc1ccc2c(c1)C(=O)N(C1CCC(=O)NC1=O)C2O. The van der Waals surface area contributed by atoms with Crippen molar-refractivity contribution in [3.63, 3.8) is 0 Å². The first-order valence-corrected chi connectivity index (χ1v) is 6.55. The predicted octanol–water partition coefficient (Wildman–Crippen LogP) is -0.0529. The molecule has 7 heteroatoms. The van der Waals surface area contributed by atoms with Crippen molar-refractivity contribution in [2.45, 2.75) is 25.1 Å². The minimum atomic E-state index is -1.19. The highest BCUT2D eigenvalue weighted by Crippen LogP contribution is 2.36. The molecule has 2 N–H and O–H groups in total. The third-order valence-electron chi connectivity index (χ3n) is 3.81. The Hall–Kier alpha value is -2.41. The van der Waals surface area contributed by atoms with Crippen LogP contribution in [0.2, 0.25) is 0 Å². The fourth-order valence-electron chi connectivity index (χ4n) is 2.73. The zero-order valence-electron chi connectivity index (χ0n) is 11.3. The van der Waals surface area contributed by atoms with Gasteiger partial charge in [0.1, 0.15) is 11.8 Å². The first-order valence-electron chi connectivity index (χ1n) is 6.55. The lowest BCUT2D eigenvalue weighted by atomic mass is 10.0. The Morgan fingerprint density at radius 1 is 1.33 bits per heavy atom. The van der Waals surface area contributed by atoms with Gasteiger partial charge in [0.25, 0.3) is 5.91 Å². The molecular formula is C14H14N2O5. The van der Waals surface area contributed by atoms with Crippen LogP contribution in [-0.2, 0) is 9.59 Å². The number of methoxy groups -OCH3 is 1. The number of nitrogens with zero attached hydrogens (tertiary/aromatic N) is 1. The van der Waals surface area contributed by atoms with E-state index in [9.17, 15) is 19.5 Å². The van der Waals surface area contributed by atoms with Crippen molar-refractivity contribution in [2.75, 3.05) is 7.11 Å². The Kier molecular flexibility index (Phi) is 3.13. The van der Waals surface area contributed by atoms with E-state index < -0.39 is 24.1 Å². The Morgan fingerprint density at radius 2 is 2.10 bits per heavy atom. The molecule has 0 radical (unpaired) electrons. The number of benzene rings is 1. The van der Waals surface area contributed by atoms with Crippen LogP contribution in [0.5, 0.6) is 5.75 Å². The second-order valence-electron chi connectivity index (χ2n) is 5.01. The summed E-state index contributed by atoms with van der Waals surface area (Å²) in [5.74, 6) is -0.861. The molecule has 2 aliphatic rings. The number of imide groups is 1. The number of nitrogens with one attached hydrogen (secondary N) is 1. The van der Waals surface area contributed by atoms with E-state index in [0.717, 1.165) is 4.90 Å². The summed E-state index contributed by atoms with van der Waals surface area (Å²) >= 11 is 0. The smallest absolute Gasteiger partial charge is 0.257 e. The maximum absolute atomic E-state index is 12.4. The van der Waals surface area contributed by atoms with Crippen LogP contribution >= 0.6 is 0 Å². The molecule has 2 heterocycles. The number of hydrogen-bond donors (Lipinski definition) is 2. The number of carbonyl (C=O) groups is 3. The molecule has 0 aromatic heterocycles. The Balaban J connectivity index is 1.94. The van der Waals surface area contributed by atoms with Crippen LogP contribution in [0.1, 0.15) is 35.0 Å². The van der Waals surface area contributed by atoms with E-state index in [1.54, 1.807) is 12.1 Å². The summed E-state index contributed by atoms with van der Waals surface area (Å²) in [6, 6.07) is 3.93. The van der Waals surface area contributed by atoms with E-state index in [4.69, 9.17) is 4.74 Å². The zero-order valence-corrected chi connectivity index (χ0v) is 11.3. The van der Waals surface area contributed by atoms with Gasteiger partial charge in [-0.15, -0.1) is 0 Å². The number of amides is 3. The summed E-state index contributed by atoms with van der Waals surface area (Å²) in [6.07, 6.45) is -0.840. The van der Waals surface area contributed by atoms with Crippen LogP contribution in [0.4, 0.5) is 0 Å². The lowest BCUT2D eigenvalue weighted by Gasteiger charge is -2.31. The molecular weight excluding hydrogens is 276 g/mol. The lowest BCUT2D eigenvalue weighted by molar-refractivity contribution is -0.139. The number of aliphatic hydroxyl groups excluding tert-OH is 1. The third-order valence-corrected chi connectivity index (χ3v) is 3.81. The van der Waals surface area contributed by atoms with Crippen LogP contribution in [0.15, 0.2) is 18.2 Å². The molecule has 21 heavy (non-hydrogen) atoms. The summed E-state index contributed by atoms with van der Waals surface area (Å²) in [4.78, 5) is 36.6. The number of rotatable bonds is 2. The maximum Gasteiger partial charge on any atom is 0.257 e. The molecule has 3 rings (SSSR count). The highest BCUT2D eigenvalue weighted by atomic mass is 16.5. The Morgan fingerprint density at radius 3 is 2.76 bits per heavy atom. The molecule has 2 aliphatic heterocycles. The number of carbonyl (C=O) groups excluding carboxylic acids is 3. The van der Waals surface area contributed by atoms with Gasteiger partial charge in [0.2, 0.25) is 11.8 Å². The number of ether oxygens (including phenoxy) is 1. The van der Waals surface area contributed by atoms with E-state index in [2.05, 4.69) is 5.32 Å². The van der Waals surface area contributed by atoms with E-state index in [-0.39, 0.29) is 18.7 Å². The topological polar surface area (TPSA) is 95.9 Å². The monoisotopic (exact) mass is 290 g/mol. The number of aliphatic hydroxyl groups is 1. The quantitative estimate of drug-likeness (QED) is 0.744. The van der Waals surface area contributed by atoms with Gasteiger partial charge >= 0.3 is 0 Å². The molecule has 2 atom stereocenters. The van der Waals surface area contributed by atoms with Crippen molar-refractivity contribution >= 4 is 17.7 Å². The summed E-state index contributed by atoms with van der Waals surface area (Å²) in [5, 5.41) is 12.5. The number of fused-ring (bicyclic) bond motifs is 1. The molecule has 3 amide bonds. The largest absolute Gasteiger partial charge is 0.497 e. The number of piperidine rings is 1. The van der Waals surface area contributed by atoms with Crippen LogP contribution in [0, 0.1) is 0 Å². The standard InChI is InChI=1S/C14H14N2O5/c1-21-7-2-3-8-9(6-7)14(20)16(13(8)19)10-4-5-11(17)15-12(10)18/h2-3,6,10,13,19H,4-5H2,1H3,(H,15,17,18). The first kappa shape index (κ1) is 13.6. The molecule has 0 spiro atoms. The molecule has 1 aromatic carbocycles. The minimum absolute atomic E-state index is 0.145. The van der Waals surface area contributed by atoms with Gasteiger partial charge in [-0.05, 0) is 18.6 Å². The molecule has 7 nitrogen and oxygen atoms in total. The average Bonchev–Trinajstić information content (AvgIpc) is 2.71. The van der Waals surface area contributed by atoms with E-state index in [1.807, 2.05) is 0 Å². The molecule has 0 aliphatic carbocycles. The van der Waals surface area contributed by atoms with Gasteiger partial charge in [0.05, 0.1) is 12.7 Å². The summed E-state index contributed by atoms with van der Waals surface area (Å²) in [5.41, 5.74) is 0.747. The van der Waals surface area contributed by atoms with E-state index in [1.165, 1.54) is 13.2 Å². The predicted molar refractivity (Wildman–Crippen MR) is 70.3 cm³/mol. The van der Waals surface area contributed by atoms with Gasteiger partial charge in [-0.3, -0.25) is 24.6 Å². The van der Waals surface area contributed by atoms with Crippen molar-refractivity contribution in [2.24, 2.45) is 0 Å². The van der Waals surface area contributed by atoms with Gasteiger partial charge in [0.15, 0.2) is 6.23 Å². The zero-order chi connectivity index (χ0) is 15.1. The molecule has 0 saturated carbocycles. The summed E-state index contributed by atoms with van der Waals surface area (Å²) < 4.78 is 5.06. The second kappa shape index (κ2) is 4.85. The lowest BCUT2D eigenvalue weighted by Crippen LogP contribution is -2.53. The highest BCUT2D eigenvalue weighted by Gasteiger charge is 2.44. The second-order valence-corrected chi connectivity index (χ2v) is 5.01. The summed E-state index contributed by atoms with van der Waals surface area (Å²) in [7, 11) is 1.48. The molecule has 1 aromatic rings. The van der Waals surface area contributed by atoms with Gasteiger partial charge in [-0.1, -0.05) is 6.07 Å². The third kappa shape index (κ3) is 2.06. The van der Waals surface area contributed by atoms with E-state index >= 15 is 0 Å².